The lowest BCUT2D eigenvalue weighted by atomic mass is 9.94. The number of benzene rings is 2. The molecule has 2 aromatic carbocycles. The van der Waals surface area contributed by atoms with Gasteiger partial charge in [0.15, 0.2) is 0 Å². The second kappa shape index (κ2) is 5.70. The van der Waals surface area contributed by atoms with Gasteiger partial charge in [0.05, 0.1) is 13.2 Å². The molecule has 1 heterocycles. The molecule has 110 valence electrons. The SMILES string of the molecule is COc1ccc2c(c1)C(O)CC(c1ccc(C)c(Br)c1)O2. The zero-order chi connectivity index (χ0) is 15.0. The maximum atomic E-state index is 10.4. The molecule has 0 amide bonds. The highest BCUT2D eigenvalue weighted by Crippen LogP contribution is 2.42. The largest absolute Gasteiger partial charge is 0.497 e. The fourth-order valence-electron chi connectivity index (χ4n) is 2.57. The van der Waals surface area contributed by atoms with E-state index in [1.807, 2.05) is 31.2 Å². The Morgan fingerprint density at radius 2 is 2.05 bits per heavy atom. The molecule has 0 bridgehead atoms. The van der Waals surface area contributed by atoms with E-state index in [1.54, 1.807) is 7.11 Å². The van der Waals surface area contributed by atoms with Crippen molar-refractivity contribution in [1.82, 2.24) is 0 Å². The van der Waals surface area contributed by atoms with E-state index in [1.165, 1.54) is 5.56 Å². The van der Waals surface area contributed by atoms with Crippen molar-refractivity contribution in [2.75, 3.05) is 7.11 Å². The molecule has 0 aromatic heterocycles. The van der Waals surface area contributed by atoms with Gasteiger partial charge in [0.1, 0.15) is 17.6 Å². The highest BCUT2D eigenvalue weighted by atomic mass is 79.9. The Balaban J connectivity index is 1.92. The van der Waals surface area contributed by atoms with Gasteiger partial charge in [-0.15, -0.1) is 0 Å². The molecule has 2 atom stereocenters. The van der Waals surface area contributed by atoms with Crippen LogP contribution in [0.5, 0.6) is 11.5 Å². The maximum absolute atomic E-state index is 10.4. The van der Waals surface area contributed by atoms with Crippen LogP contribution in [-0.4, -0.2) is 12.2 Å². The van der Waals surface area contributed by atoms with Crippen LogP contribution < -0.4 is 9.47 Å². The Kier molecular flexibility index (Phi) is 3.91. The number of hydrogen-bond donors (Lipinski definition) is 1. The van der Waals surface area contributed by atoms with Gasteiger partial charge >= 0.3 is 0 Å². The van der Waals surface area contributed by atoms with E-state index in [4.69, 9.17) is 9.47 Å². The van der Waals surface area contributed by atoms with Crippen molar-refractivity contribution in [2.24, 2.45) is 0 Å². The van der Waals surface area contributed by atoms with Crippen molar-refractivity contribution in [3.63, 3.8) is 0 Å². The van der Waals surface area contributed by atoms with Crippen LogP contribution in [0.3, 0.4) is 0 Å². The lowest BCUT2D eigenvalue weighted by molar-refractivity contribution is 0.0654. The Bertz CT molecular complexity index is 669. The van der Waals surface area contributed by atoms with E-state index < -0.39 is 6.10 Å². The number of aryl methyl sites for hydroxylation is 1. The Labute approximate surface area is 132 Å². The summed E-state index contributed by atoms with van der Waals surface area (Å²) in [5, 5.41) is 10.4. The number of hydrogen-bond acceptors (Lipinski definition) is 3. The number of fused-ring (bicyclic) bond motifs is 1. The van der Waals surface area contributed by atoms with Crippen LogP contribution in [0.2, 0.25) is 0 Å². The standard InChI is InChI=1S/C17H17BrO3/c1-10-3-4-11(7-14(10)18)17-9-15(19)13-8-12(20-2)5-6-16(13)21-17/h3-8,15,17,19H,9H2,1-2H3. The number of aliphatic hydroxyl groups excluding tert-OH is 1. The Hall–Kier alpha value is -1.52. The fraction of sp³-hybridized carbons (Fsp3) is 0.294. The average Bonchev–Trinajstić information content (AvgIpc) is 2.49. The second-order valence-corrected chi connectivity index (χ2v) is 6.12. The smallest absolute Gasteiger partial charge is 0.127 e. The number of methoxy groups -OCH3 is 1. The van der Waals surface area contributed by atoms with Crippen LogP contribution in [0.4, 0.5) is 0 Å². The van der Waals surface area contributed by atoms with Crippen molar-refractivity contribution in [3.8, 4) is 11.5 Å². The van der Waals surface area contributed by atoms with E-state index in [0.29, 0.717) is 6.42 Å². The normalized spacial score (nSPS) is 20.6. The van der Waals surface area contributed by atoms with Gasteiger partial charge < -0.3 is 14.6 Å². The van der Waals surface area contributed by atoms with Crippen LogP contribution >= 0.6 is 15.9 Å². The molecule has 3 rings (SSSR count). The number of halogens is 1. The van der Waals surface area contributed by atoms with Crippen LogP contribution in [0.25, 0.3) is 0 Å². The molecular weight excluding hydrogens is 332 g/mol. The first-order valence-corrected chi connectivity index (χ1v) is 7.66. The molecule has 21 heavy (non-hydrogen) atoms. The molecule has 4 heteroatoms. The second-order valence-electron chi connectivity index (χ2n) is 5.27. The van der Waals surface area contributed by atoms with Gasteiger partial charge in [0.2, 0.25) is 0 Å². The fourth-order valence-corrected chi connectivity index (χ4v) is 2.96. The predicted octanol–water partition coefficient (Wildman–Crippen LogP) is 4.32. The van der Waals surface area contributed by atoms with E-state index in [2.05, 4.69) is 28.1 Å². The summed E-state index contributed by atoms with van der Waals surface area (Å²) in [5.74, 6) is 1.45. The van der Waals surface area contributed by atoms with Gasteiger partial charge in [-0.1, -0.05) is 28.1 Å². The van der Waals surface area contributed by atoms with Gasteiger partial charge in [0, 0.05) is 16.5 Å². The minimum atomic E-state index is -0.547. The summed E-state index contributed by atoms with van der Waals surface area (Å²) in [7, 11) is 1.62. The van der Waals surface area contributed by atoms with Crippen molar-refractivity contribution in [1.29, 1.82) is 0 Å². The van der Waals surface area contributed by atoms with E-state index >= 15 is 0 Å². The summed E-state index contributed by atoms with van der Waals surface area (Å²) in [4.78, 5) is 0. The average molecular weight is 349 g/mol. The minimum absolute atomic E-state index is 0.141. The molecule has 2 aromatic rings. The molecule has 0 fully saturated rings. The topological polar surface area (TPSA) is 38.7 Å². The first-order chi connectivity index (χ1) is 10.1. The van der Waals surface area contributed by atoms with Crippen LogP contribution in [-0.2, 0) is 0 Å². The molecule has 0 radical (unpaired) electrons. The quantitative estimate of drug-likeness (QED) is 0.877. The number of rotatable bonds is 2. The maximum Gasteiger partial charge on any atom is 0.127 e. The van der Waals surface area contributed by atoms with Crippen LogP contribution in [0.15, 0.2) is 40.9 Å². The van der Waals surface area contributed by atoms with Crippen molar-refractivity contribution >= 4 is 15.9 Å². The zero-order valence-corrected chi connectivity index (χ0v) is 13.6. The molecule has 2 unspecified atom stereocenters. The van der Waals surface area contributed by atoms with Gasteiger partial charge in [-0.3, -0.25) is 0 Å². The molecule has 0 spiro atoms. The lowest BCUT2D eigenvalue weighted by Gasteiger charge is -2.30. The van der Waals surface area contributed by atoms with Gasteiger partial charge in [-0.25, -0.2) is 0 Å². The molecule has 1 N–H and O–H groups in total. The Morgan fingerprint density at radius 1 is 1.24 bits per heavy atom. The number of ether oxygens (including phenoxy) is 2. The van der Waals surface area contributed by atoms with E-state index in [-0.39, 0.29) is 6.10 Å². The van der Waals surface area contributed by atoms with Gasteiger partial charge in [0.25, 0.3) is 0 Å². The molecule has 0 saturated heterocycles. The third-order valence-corrected chi connectivity index (χ3v) is 4.70. The molecule has 0 saturated carbocycles. The minimum Gasteiger partial charge on any atom is -0.497 e. The third-order valence-electron chi connectivity index (χ3n) is 3.85. The van der Waals surface area contributed by atoms with Crippen LogP contribution in [0.1, 0.15) is 35.3 Å². The number of aliphatic hydroxyl groups is 1. The Morgan fingerprint density at radius 3 is 2.76 bits per heavy atom. The molecule has 1 aliphatic rings. The first-order valence-electron chi connectivity index (χ1n) is 6.87. The third kappa shape index (κ3) is 2.78. The summed E-state index contributed by atoms with van der Waals surface area (Å²) >= 11 is 3.54. The molecular formula is C17H17BrO3. The zero-order valence-electron chi connectivity index (χ0n) is 12.0. The summed E-state index contributed by atoms with van der Waals surface area (Å²) in [6.07, 6.45) is -0.151. The van der Waals surface area contributed by atoms with Crippen molar-refractivity contribution in [2.45, 2.75) is 25.6 Å². The van der Waals surface area contributed by atoms with Crippen molar-refractivity contribution in [3.05, 3.63) is 57.6 Å². The van der Waals surface area contributed by atoms with Gasteiger partial charge in [-0.2, -0.15) is 0 Å². The van der Waals surface area contributed by atoms with Crippen molar-refractivity contribution < 1.29 is 14.6 Å². The molecule has 1 aliphatic heterocycles. The highest BCUT2D eigenvalue weighted by Gasteiger charge is 2.28. The van der Waals surface area contributed by atoms with Gasteiger partial charge in [-0.05, 0) is 42.3 Å². The molecule has 0 aliphatic carbocycles. The summed E-state index contributed by atoms with van der Waals surface area (Å²) in [5.41, 5.74) is 3.03. The monoisotopic (exact) mass is 348 g/mol. The predicted molar refractivity (Wildman–Crippen MR) is 84.8 cm³/mol. The first kappa shape index (κ1) is 14.4. The summed E-state index contributed by atoms with van der Waals surface area (Å²) in [6, 6.07) is 11.7. The summed E-state index contributed by atoms with van der Waals surface area (Å²) < 4.78 is 12.3. The van der Waals surface area contributed by atoms with E-state index in [9.17, 15) is 5.11 Å². The molecule has 3 nitrogen and oxygen atoms in total. The van der Waals surface area contributed by atoms with Crippen LogP contribution in [0, 0.1) is 6.92 Å². The highest BCUT2D eigenvalue weighted by molar-refractivity contribution is 9.10. The summed E-state index contributed by atoms with van der Waals surface area (Å²) in [6.45, 7) is 2.05. The van der Waals surface area contributed by atoms with E-state index in [0.717, 1.165) is 27.1 Å². The lowest BCUT2D eigenvalue weighted by Crippen LogP contribution is -2.19.